The number of rotatable bonds is 10. The third kappa shape index (κ3) is 6.55. The normalized spacial score (nSPS) is 12.3. The number of unbranched alkanes of at least 4 members (excludes halogenated alkanes) is 1. The van der Waals surface area contributed by atoms with E-state index in [1.54, 1.807) is 0 Å². The standard InChI is InChI=1S/C17H27NO/c1-4-6-7-12-19-14-16-8-10-17(11-9-16)15(3)13-18-5-2/h4,8-11,15,18H,1,5-7,12-14H2,2-3H3. The summed E-state index contributed by atoms with van der Waals surface area (Å²) in [4.78, 5) is 0. The summed E-state index contributed by atoms with van der Waals surface area (Å²) in [5.74, 6) is 0.558. The predicted octanol–water partition coefficient (Wildman–Crippen LogP) is 3.88. The van der Waals surface area contributed by atoms with Crippen molar-refractivity contribution in [1.29, 1.82) is 0 Å². The fraction of sp³-hybridized carbons (Fsp3) is 0.529. The van der Waals surface area contributed by atoms with Gasteiger partial charge in [0.25, 0.3) is 0 Å². The molecule has 2 nitrogen and oxygen atoms in total. The van der Waals surface area contributed by atoms with Gasteiger partial charge in [0.1, 0.15) is 0 Å². The predicted molar refractivity (Wildman–Crippen MR) is 82.5 cm³/mol. The lowest BCUT2D eigenvalue weighted by atomic mass is 10.00. The van der Waals surface area contributed by atoms with E-state index < -0.39 is 0 Å². The molecular weight excluding hydrogens is 234 g/mol. The van der Waals surface area contributed by atoms with Crippen molar-refractivity contribution in [1.82, 2.24) is 5.32 Å². The van der Waals surface area contributed by atoms with Crippen LogP contribution in [0.3, 0.4) is 0 Å². The van der Waals surface area contributed by atoms with E-state index in [0.29, 0.717) is 12.5 Å². The van der Waals surface area contributed by atoms with E-state index in [2.05, 4.69) is 50.0 Å². The first-order chi connectivity index (χ1) is 9.27. The smallest absolute Gasteiger partial charge is 0.0716 e. The maximum absolute atomic E-state index is 5.63. The zero-order valence-electron chi connectivity index (χ0n) is 12.3. The zero-order valence-corrected chi connectivity index (χ0v) is 12.3. The first-order valence-electron chi connectivity index (χ1n) is 7.26. The van der Waals surface area contributed by atoms with Crippen LogP contribution in [0.25, 0.3) is 0 Å². The number of ether oxygens (including phenoxy) is 1. The monoisotopic (exact) mass is 261 g/mol. The first-order valence-corrected chi connectivity index (χ1v) is 7.26. The lowest BCUT2D eigenvalue weighted by Gasteiger charge is -2.13. The molecule has 0 aliphatic carbocycles. The molecule has 0 saturated carbocycles. The van der Waals surface area contributed by atoms with Gasteiger partial charge < -0.3 is 10.1 Å². The SMILES string of the molecule is C=CCCCOCc1ccc(C(C)CNCC)cc1. The van der Waals surface area contributed by atoms with Crippen molar-refractivity contribution in [3.05, 3.63) is 48.0 Å². The minimum atomic E-state index is 0.558. The Labute approximate surface area is 117 Å². The van der Waals surface area contributed by atoms with Gasteiger partial charge in [0, 0.05) is 13.2 Å². The third-order valence-corrected chi connectivity index (χ3v) is 3.21. The molecular formula is C17H27NO. The minimum absolute atomic E-state index is 0.558. The Morgan fingerprint density at radius 2 is 2.05 bits per heavy atom. The Bertz CT molecular complexity index is 345. The van der Waals surface area contributed by atoms with E-state index in [1.807, 2.05) is 6.08 Å². The summed E-state index contributed by atoms with van der Waals surface area (Å²) in [6.45, 7) is 11.7. The van der Waals surface area contributed by atoms with Crippen LogP contribution in [0, 0.1) is 0 Å². The Balaban J connectivity index is 2.32. The van der Waals surface area contributed by atoms with Crippen molar-refractivity contribution < 1.29 is 4.74 Å². The molecule has 106 valence electrons. The fourth-order valence-electron chi connectivity index (χ4n) is 1.94. The molecule has 1 atom stereocenters. The minimum Gasteiger partial charge on any atom is -0.377 e. The van der Waals surface area contributed by atoms with Crippen LogP contribution in [-0.4, -0.2) is 19.7 Å². The first kappa shape index (κ1) is 15.9. The molecule has 1 unspecified atom stereocenters. The zero-order chi connectivity index (χ0) is 13.9. The van der Waals surface area contributed by atoms with E-state index in [4.69, 9.17) is 4.74 Å². The van der Waals surface area contributed by atoms with Crippen LogP contribution in [-0.2, 0) is 11.3 Å². The lowest BCUT2D eigenvalue weighted by molar-refractivity contribution is 0.119. The van der Waals surface area contributed by atoms with Crippen molar-refractivity contribution in [2.24, 2.45) is 0 Å². The molecule has 0 bridgehead atoms. The van der Waals surface area contributed by atoms with E-state index in [-0.39, 0.29) is 0 Å². The summed E-state index contributed by atoms with van der Waals surface area (Å²) in [7, 11) is 0. The van der Waals surface area contributed by atoms with Gasteiger partial charge in [0.15, 0.2) is 0 Å². The number of nitrogens with one attached hydrogen (secondary N) is 1. The summed E-state index contributed by atoms with van der Waals surface area (Å²) in [6.07, 6.45) is 4.02. The molecule has 19 heavy (non-hydrogen) atoms. The molecule has 0 aliphatic heterocycles. The van der Waals surface area contributed by atoms with E-state index in [9.17, 15) is 0 Å². The molecule has 2 heteroatoms. The average Bonchev–Trinajstić information content (AvgIpc) is 2.45. The van der Waals surface area contributed by atoms with Gasteiger partial charge in [-0.2, -0.15) is 0 Å². The van der Waals surface area contributed by atoms with Gasteiger partial charge in [-0.1, -0.05) is 44.2 Å². The second kappa shape index (κ2) is 9.76. The molecule has 0 radical (unpaired) electrons. The molecule has 0 aliphatic rings. The van der Waals surface area contributed by atoms with Crippen LogP contribution < -0.4 is 5.32 Å². The van der Waals surface area contributed by atoms with E-state index in [1.165, 1.54) is 11.1 Å². The summed E-state index contributed by atoms with van der Waals surface area (Å²) < 4.78 is 5.63. The fourth-order valence-corrected chi connectivity index (χ4v) is 1.94. The molecule has 0 amide bonds. The van der Waals surface area contributed by atoms with E-state index in [0.717, 1.165) is 32.5 Å². The highest BCUT2D eigenvalue weighted by atomic mass is 16.5. The van der Waals surface area contributed by atoms with Gasteiger partial charge in [-0.25, -0.2) is 0 Å². The Morgan fingerprint density at radius 1 is 1.32 bits per heavy atom. The number of likely N-dealkylation sites (N-methyl/N-ethyl adjacent to an activating group) is 1. The highest BCUT2D eigenvalue weighted by Gasteiger charge is 2.04. The van der Waals surface area contributed by atoms with Crippen molar-refractivity contribution in [3.63, 3.8) is 0 Å². The highest BCUT2D eigenvalue weighted by Crippen LogP contribution is 2.15. The Morgan fingerprint density at radius 3 is 2.68 bits per heavy atom. The second-order valence-electron chi connectivity index (χ2n) is 4.93. The van der Waals surface area contributed by atoms with Crippen LogP contribution in [0.15, 0.2) is 36.9 Å². The van der Waals surface area contributed by atoms with Gasteiger partial charge >= 0.3 is 0 Å². The molecule has 0 spiro atoms. The maximum Gasteiger partial charge on any atom is 0.0716 e. The van der Waals surface area contributed by atoms with Crippen molar-refractivity contribution in [2.45, 2.75) is 39.2 Å². The molecule has 1 rings (SSSR count). The maximum atomic E-state index is 5.63. The summed E-state index contributed by atoms with van der Waals surface area (Å²) >= 11 is 0. The van der Waals surface area contributed by atoms with Crippen molar-refractivity contribution in [2.75, 3.05) is 19.7 Å². The van der Waals surface area contributed by atoms with Crippen LogP contribution in [0.1, 0.15) is 43.7 Å². The molecule has 1 N–H and O–H groups in total. The van der Waals surface area contributed by atoms with Crippen LogP contribution >= 0.6 is 0 Å². The summed E-state index contributed by atoms with van der Waals surface area (Å²) in [5.41, 5.74) is 2.63. The van der Waals surface area contributed by atoms with Crippen LogP contribution in [0.2, 0.25) is 0 Å². The van der Waals surface area contributed by atoms with Crippen molar-refractivity contribution in [3.8, 4) is 0 Å². The molecule has 0 aromatic heterocycles. The molecule has 1 aromatic rings. The molecule has 1 aromatic carbocycles. The second-order valence-corrected chi connectivity index (χ2v) is 4.93. The van der Waals surface area contributed by atoms with E-state index >= 15 is 0 Å². The average molecular weight is 261 g/mol. The van der Waals surface area contributed by atoms with Gasteiger partial charge in [-0.15, -0.1) is 6.58 Å². The Hall–Kier alpha value is -1.12. The van der Waals surface area contributed by atoms with Crippen LogP contribution in [0.5, 0.6) is 0 Å². The number of hydrogen-bond donors (Lipinski definition) is 1. The summed E-state index contributed by atoms with van der Waals surface area (Å²) in [5, 5.41) is 3.38. The lowest BCUT2D eigenvalue weighted by Crippen LogP contribution is -2.19. The van der Waals surface area contributed by atoms with Gasteiger partial charge in [0.2, 0.25) is 0 Å². The van der Waals surface area contributed by atoms with Crippen LogP contribution in [0.4, 0.5) is 0 Å². The van der Waals surface area contributed by atoms with Gasteiger partial charge in [-0.3, -0.25) is 0 Å². The molecule has 0 fully saturated rings. The van der Waals surface area contributed by atoms with Gasteiger partial charge in [0.05, 0.1) is 6.61 Å². The topological polar surface area (TPSA) is 21.3 Å². The number of benzene rings is 1. The third-order valence-electron chi connectivity index (χ3n) is 3.21. The number of allylic oxidation sites excluding steroid dienone is 1. The largest absolute Gasteiger partial charge is 0.377 e. The highest BCUT2D eigenvalue weighted by molar-refractivity contribution is 5.24. The number of hydrogen-bond acceptors (Lipinski definition) is 2. The summed E-state index contributed by atoms with van der Waals surface area (Å²) in [6, 6.07) is 8.77. The quantitative estimate of drug-likeness (QED) is 0.510. The van der Waals surface area contributed by atoms with Crippen molar-refractivity contribution >= 4 is 0 Å². The molecule has 0 saturated heterocycles. The Kier molecular flexibility index (Phi) is 8.19. The molecule has 0 heterocycles. The van der Waals surface area contributed by atoms with Gasteiger partial charge in [-0.05, 0) is 36.4 Å².